The van der Waals surface area contributed by atoms with E-state index in [1.807, 2.05) is 0 Å². The zero-order chi connectivity index (χ0) is 47.2. The molecule has 0 amide bonds. The van der Waals surface area contributed by atoms with Crippen LogP contribution in [0.4, 0.5) is 0 Å². The van der Waals surface area contributed by atoms with Crippen LogP contribution >= 0.6 is 0 Å². The van der Waals surface area contributed by atoms with Gasteiger partial charge in [-0.25, -0.2) is 0 Å². The Balaban J connectivity index is 4.54. The van der Waals surface area contributed by atoms with Crippen LogP contribution in [0.1, 0.15) is 239 Å². The van der Waals surface area contributed by atoms with Gasteiger partial charge >= 0.3 is 17.9 Å². The Morgan fingerprint density at radius 3 is 0.985 bits per heavy atom. The first-order valence-electron chi connectivity index (χ1n) is 26.7. The second-order valence-electron chi connectivity index (χ2n) is 17.4. The molecule has 0 fully saturated rings. The summed E-state index contributed by atoms with van der Waals surface area (Å²) in [5.41, 5.74) is 0. The summed E-state index contributed by atoms with van der Waals surface area (Å²) >= 11 is 0. The van der Waals surface area contributed by atoms with Crippen molar-refractivity contribution < 1.29 is 28.6 Å². The fourth-order valence-electron chi connectivity index (χ4n) is 7.08. The number of allylic oxidation sites excluding steroid dienone is 16. The molecule has 6 nitrogen and oxygen atoms in total. The number of carbonyl (C=O) groups excluding carboxylic acids is 3. The minimum atomic E-state index is -0.819. The van der Waals surface area contributed by atoms with E-state index in [1.165, 1.54) is 109 Å². The third-order valence-corrected chi connectivity index (χ3v) is 11.1. The average Bonchev–Trinajstić information content (AvgIpc) is 3.30. The molecule has 0 radical (unpaired) electrons. The molecule has 0 spiro atoms. The van der Waals surface area contributed by atoms with Gasteiger partial charge in [0.1, 0.15) is 13.2 Å². The number of unbranched alkanes of at least 4 members (excludes halogenated alkanes) is 20. The van der Waals surface area contributed by atoms with Crippen LogP contribution in [0, 0.1) is 0 Å². The third-order valence-electron chi connectivity index (χ3n) is 11.1. The lowest BCUT2D eigenvalue weighted by molar-refractivity contribution is -0.167. The Morgan fingerprint density at radius 1 is 0.323 bits per heavy atom. The molecular formula is C59H98O6. The van der Waals surface area contributed by atoms with E-state index in [0.29, 0.717) is 19.3 Å². The highest BCUT2D eigenvalue weighted by Gasteiger charge is 2.19. The summed E-state index contributed by atoms with van der Waals surface area (Å²) in [6.45, 7) is 6.42. The van der Waals surface area contributed by atoms with Crippen molar-refractivity contribution in [1.82, 2.24) is 0 Å². The summed E-state index contributed by atoms with van der Waals surface area (Å²) in [6.07, 6.45) is 69.7. The van der Waals surface area contributed by atoms with Crippen LogP contribution in [-0.2, 0) is 28.6 Å². The van der Waals surface area contributed by atoms with Crippen molar-refractivity contribution in [2.45, 2.75) is 245 Å². The standard InChI is InChI=1S/C59H98O6/c1-4-7-10-13-16-19-22-25-27-29-31-34-36-39-42-45-48-51-57(60)63-54-56(65-59(62)53-50-47-44-41-38-33-24-21-18-15-12-9-6-3)55-64-58(61)52-49-46-43-40-37-35-32-30-28-26-23-20-17-14-11-8-5-2/h7,10,16,19,25-28,31-32,34-35,39-40,42-43,56H,4-6,8-9,11-15,17-18,20-24,29-30,33,36-38,41,44-55H2,1-3H3/b10-7-,19-16-,27-25-,28-26-,34-31-,35-32-,42-39-,43-40-/t56-/m1/s1. The van der Waals surface area contributed by atoms with E-state index in [0.717, 1.165) is 77.0 Å². The maximum atomic E-state index is 12.8. The van der Waals surface area contributed by atoms with Crippen molar-refractivity contribution in [2.75, 3.05) is 13.2 Å². The lowest BCUT2D eigenvalue weighted by atomic mass is 10.0. The molecule has 0 saturated heterocycles. The van der Waals surface area contributed by atoms with E-state index >= 15 is 0 Å². The van der Waals surface area contributed by atoms with Crippen molar-refractivity contribution in [3.63, 3.8) is 0 Å². The van der Waals surface area contributed by atoms with E-state index in [1.54, 1.807) is 0 Å². The fraction of sp³-hybridized carbons (Fsp3) is 0.678. The van der Waals surface area contributed by atoms with Crippen LogP contribution in [0.25, 0.3) is 0 Å². The van der Waals surface area contributed by atoms with Gasteiger partial charge in [0.05, 0.1) is 0 Å². The molecule has 0 aliphatic heterocycles. The number of hydrogen-bond donors (Lipinski definition) is 0. The summed E-state index contributed by atoms with van der Waals surface area (Å²) in [4.78, 5) is 38.0. The molecule has 0 saturated carbocycles. The number of esters is 3. The summed E-state index contributed by atoms with van der Waals surface area (Å²) < 4.78 is 16.7. The molecule has 0 bridgehead atoms. The van der Waals surface area contributed by atoms with Crippen molar-refractivity contribution in [3.8, 4) is 0 Å². The molecular weight excluding hydrogens is 805 g/mol. The van der Waals surface area contributed by atoms with Crippen LogP contribution in [0.3, 0.4) is 0 Å². The fourth-order valence-corrected chi connectivity index (χ4v) is 7.08. The zero-order valence-corrected chi connectivity index (χ0v) is 42.2. The van der Waals surface area contributed by atoms with Gasteiger partial charge in [-0.1, -0.05) is 227 Å². The first-order valence-corrected chi connectivity index (χ1v) is 26.7. The third kappa shape index (κ3) is 51.2. The molecule has 65 heavy (non-hydrogen) atoms. The largest absolute Gasteiger partial charge is 0.462 e. The number of hydrogen-bond acceptors (Lipinski definition) is 6. The van der Waals surface area contributed by atoms with Crippen molar-refractivity contribution in [2.24, 2.45) is 0 Å². The van der Waals surface area contributed by atoms with Gasteiger partial charge in [0.15, 0.2) is 6.10 Å². The van der Waals surface area contributed by atoms with Crippen molar-refractivity contribution in [3.05, 3.63) is 97.2 Å². The number of carbonyl (C=O) groups is 3. The molecule has 6 heteroatoms. The van der Waals surface area contributed by atoms with Gasteiger partial charge in [-0.05, 0) is 89.9 Å². The maximum absolute atomic E-state index is 12.8. The van der Waals surface area contributed by atoms with E-state index in [4.69, 9.17) is 14.2 Å². The monoisotopic (exact) mass is 903 g/mol. The normalized spacial score (nSPS) is 12.8. The molecule has 0 aromatic carbocycles. The van der Waals surface area contributed by atoms with E-state index in [9.17, 15) is 14.4 Å². The molecule has 0 aliphatic carbocycles. The summed E-state index contributed by atoms with van der Waals surface area (Å²) in [5, 5.41) is 0. The first kappa shape index (κ1) is 61.3. The molecule has 370 valence electrons. The molecule has 1 atom stereocenters. The second-order valence-corrected chi connectivity index (χ2v) is 17.4. The van der Waals surface area contributed by atoms with Gasteiger partial charge in [-0.15, -0.1) is 0 Å². The second kappa shape index (κ2) is 52.9. The number of rotatable bonds is 47. The molecule has 0 aromatic rings. The SMILES string of the molecule is CC/C=C\C/C=C\C/C=C\C/C=C\C/C=C\CCCC(=O)OC[C@H](COC(=O)CCC/C=C\C/C=C\C/C=C\CCCCCCCC)OC(=O)CCCCCCCCCCCCCCC. The highest BCUT2D eigenvalue weighted by molar-refractivity contribution is 5.71. The smallest absolute Gasteiger partial charge is 0.306 e. The highest BCUT2D eigenvalue weighted by atomic mass is 16.6. The summed E-state index contributed by atoms with van der Waals surface area (Å²) in [6, 6.07) is 0. The van der Waals surface area contributed by atoms with Gasteiger partial charge in [-0.2, -0.15) is 0 Å². The Bertz CT molecular complexity index is 1310. The predicted molar refractivity (Wildman–Crippen MR) is 279 cm³/mol. The van der Waals surface area contributed by atoms with Gasteiger partial charge in [-0.3, -0.25) is 14.4 Å². The van der Waals surface area contributed by atoms with Gasteiger partial charge in [0, 0.05) is 19.3 Å². The first-order chi connectivity index (χ1) is 32.0. The highest BCUT2D eigenvalue weighted by Crippen LogP contribution is 2.14. The zero-order valence-electron chi connectivity index (χ0n) is 42.2. The van der Waals surface area contributed by atoms with Gasteiger partial charge in [0.25, 0.3) is 0 Å². The Labute approximate surface area is 400 Å². The molecule has 0 aromatic heterocycles. The van der Waals surface area contributed by atoms with Gasteiger partial charge in [0.2, 0.25) is 0 Å². The van der Waals surface area contributed by atoms with Crippen LogP contribution in [0.15, 0.2) is 97.2 Å². The summed E-state index contributed by atoms with van der Waals surface area (Å²) in [7, 11) is 0. The maximum Gasteiger partial charge on any atom is 0.306 e. The topological polar surface area (TPSA) is 78.9 Å². The lowest BCUT2D eigenvalue weighted by Crippen LogP contribution is -2.30. The average molecular weight is 903 g/mol. The number of ether oxygens (including phenoxy) is 3. The molecule has 0 rings (SSSR count). The molecule has 0 heterocycles. The van der Waals surface area contributed by atoms with E-state index in [2.05, 4.69) is 118 Å². The summed E-state index contributed by atoms with van der Waals surface area (Å²) in [5.74, 6) is -1.03. The molecule has 0 aliphatic rings. The quantitative estimate of drug-likeness (QED) is 0.0262. The van der Waals surface area contributed by atoms with E-state index < -0.39 is 6.10 Å². The van der Waals surface area contributed by atoms with Crippen LogP contribution < -0.4 is 0 Å². The Hall–Kier alpha value is -3.67. The van der Waals surface area contributed by atoms with Gasteiger partial charge < -0.3 is 14.2 Å². The van der Waals surface area contributed by atoms with E-state index in [-0.39, 0.29) is 44.0 Å². The molecule has 0 N–H and O–H groups in total. The predicted octanol–water partition coefficient (Wildman–Crippen LogP) is 17.8. The minimum Gasteiger partial charge on any atom is -0.462 e. The lowest BCUT2D eigenvalue weighted by Gasteiger charge is -2.18. The Kier molecular flexibility index (Phi) is 50.0. The minimum absolute atomic E-state index is 0.121. The van der Waals surface area contributed by atoms with Crippen molar-refractivity contribution in [1.29, 1.82) is 0 Å². The Morgan fingerprint density at radius 2 is 0.615 bits per heavy atom. The van der Waals surface area contributed by atoms with Crippen LogP contribution in [0.5, 0.6) is 0 Å². The van der Waals surface area contributed by atoms with Crippen molar-refractivity contribution >= 4 is 17.9 Å². The van der Waals surface area contributed by atoms with Crippen LogP contribution in [-0.4, -0.2) is 37.2 Å². The molecule has 0 unspecified atom stereocenters. The van der Waals surface area contributed by atoms with Crippen LogP contribution in [0.2, 0.25) is 0 Å².